The van der Waals surface area contributed by atoms with Gasteiger partial charge in [0.05, 0.1) is 11.1 Å². The van der Waals surface area contributed by atoms with Crippen LogP contribution in [0.2, 0.25) is 0 Å². The number of hydrogen-bond donors (Lipinski definition) is 2. The molecule has 4 nitrogen and oxygen atoms in total. The number of fused-ring (bicyclic) bond motifs is 4. The molecule has 25 heavy (non-hydrogen) atoms. The number of carbonyl (C=O) groups excluding carboxylic acids is 1. The van der Waals surface area contributed by atoms with Crippen molar-refractivity contribution in [2.75, 3.05) is 7.05 Å². The molecule has 4 rings (SSSR count). The minimum Gasteiger partial charge on any atom is -0.508 e. The van der Waals surface area contributed by atoms with Crippen molar-refractivity contribution in [3.05, 3.63) is 64.1 Å². The topological polar surface area (TPSA) is 65.4 Å². The standard InChI is InChI=1S/C20H17FN2O2/c1-20(2)14-8-11(24)5-7-12(14)18(25)15-13-6-4-10(9-22-3)16(21)17(13)23-19(15)20/h4-9,23-24H,1-3H3. The van der Waals surface area contributed by atoms with Gasteiger partial charge in [-0.1, -0.05) is 19.9 Å². The zero-order chi connectivity index (χ0) is 17.9. The van der Waals surface area contributed by atoms with E-state index in [1.54, 1.807) is 31.3 Å². The van der Waals surface area contributed by atoms with E-state index in [1.807, 2.05) is 13.8 Å². The molecule has 0 atom stereocenters. The number of carbonyl (C=O) groups is 1. The fraction of sp³-hybridized carbons (Fsp3) is 0.200. The van der Waals surface area contributed by atoms with Gasteiger partial charge in [0.25, 0.3) is 0 Å². The van der Waals surface area contributed by atoms with E-state index in [1.165, 1.54) is 12.3 Å². The lowest BCUT2D eigenvalue weighted by Crippen LogP contribution is -2.30. The number of phenols is 1. The summed E-state index contributed by atoms with van der Waals surface area (Å²) >= 11 is 0. The van der Waals surface area contributed by atoms with Crippen LogP contribution in [0.4, 0.5) is 4.39 Å². The van der Waals surface area contributed by atoms with Gasteiger partial charge in [-0.25, -0.2) is 4.39 Å². The zero-order valence-electron chi connectivity index (χ0n) is 14.1. The van der Waals surface area contributed by atoms with Crippen molar-refractivity contribution in [2.24, 2.45) is 4.99 Å². The highest BCUT2D eigenvalue weighted by Crippen LogP contribution is 2.44. The van der Waals surface area contributed by atoms with E-state index in [-0.39, 0.29) is 11.5 Å². The third kappa shape index (κ3) is 1.98. The number of halogens is 1. The lowest BCUT2D eigenvalue weighted by atomic mass is 9.71. The molecule has 3 aromatic rings. The van der Waals surface area contributed by atoms with E-state index in [2.05, 4.69) is 9.98 Å². The lowest BCUT2D eigenvalue weighted by molar-refractivity contribution is 0.103. The van der Waals surface area contributed by atoms with Gasteiger partial charge in [-0.3, -0.25) is 9.79 Å². The van der Waals surface area contributed by atoms with Crippen molar-refractivity contribution >= 4 is 22.9 Å². The molecule has 0 unspecified atom stereocenters. The summed E-state index contributed by atoms with van der Waals surface area (Å²) in [6.45, 7) is 3.91. The van der Waals surface area contributed by atoms with E-state index in [4.69, 9.17) is 0 Å². The van der Waals surface area contributed by atoms with Crippen LogP contribution in [0.25, 0.3) is 10.9 Å². The second kappa shape index (κ2) is 5.02. The van der Waals surface area contributed by atoms with Crippen LogP contribution in [0.5, 0.6) is 5.75 Å². The second-order valence-corrected chi connectivity index (χ2v) is 6.84. The molecule has 5 heteroatoms. The van der Waals surface area contributed by atoms with Crippen molar-refractivity contribution in [3.8, 4) is 5.75 Å². The average Bonchev–Trinajstić information content (AvgIpc) is 2.97. The quantitative estimate of drug-likeness (QED) is 0.661. The maximum absolute atomic E-state index is 14.8. The summed E-state index contributed by atoms with van der Waals surface area (Å²) < 4.78 is 14.8. The predicted molar refractivity (Wildman–Crippen MR) is 95.4 cm³/mol. The monoisotopic (exact) mass is 336 g/mol. The normalized spacial score (nSPS) is 15.6. The summed E-state index contributed by atoms with van der Waals surface area (Å²) in [5.41, 5.74) is 2.53. The fourth-order valence-corrected chi connectivity index (χ4v) is 3.70. The molecule has 1 heterocycles. The number of H-pyrrole nitrogens is 1. The van der Waals surface area contributed by atoms with Gasteiger partial charge in [0.1, 0.15) is 5.75 Å². The lowest BCUT2D eigenvalue weighted by Gasteiger charge is -2.32. The number of benzene rings is 2. The molecular weight excluding hydrogens is 319 g/mol. The largest absolute Gasteiger partial charge is 0.508 e. The summed E-state index contributed by atoms with van der Waals surface area (Å²) in [5, 5.41) is 10.4. The fourth-order valence-electron chi connectivity index (χ4n) is 3.70. The van der Waals surface area contributed by atoms with Crippen LogP contribution in [0, 0.1) is 5.82 Å². The molecule has 1 aliphatic rings. The Morgan fingerprint density at radius 1 is 1.24 bits per heavy atom. The Balaban J connectivity index is 2.08. The molecule has 0 spiro atoms. The summed E-state index contributed by atoms with van der Waals surface area (Å²) in [7, 11) is 1.58. The number of aromatic hydroxyl groups is 1. The van der Waals surface area contributed by atoms with Gasteiger partial charge in [-0.15, -0.1) is 0 Å². The zero-order valence-corrected chi connectivity index (χ0v) is 14.1. The first-order valence-corrected chi connectivity index (χ1v) is 8.01. The highest BCUT2D eigenvalue weighted by atomic mass is 19.1. The minimum atomic E-state index is -0.568. The van der Waals surface area contributed by atoms with Gasteiger partial charge < -0.3 is 10.1 Å². The Hall–Kier alpha value is -2.95. The number of aromatic amines is 1. The SMILES string of the molecule is CN=Cc1ccc2c3c([nH]c2c1F)C(C)(C)c1cc(O)ccc1C3=O. The molecule has 0 saturated heterocycles. The molecular formula is C20H17FN2O2. The summed E-state index contributed by atoms with van der Waals surface area (Å²) in [6, 6.07) is 8.12. The molecule has 0 amide bonds. The first kappa shape index (κ1) is 15.6. The first-order valence-electron chi connectivity index (χ1n) is 8.01. The molecule has 2 aromatic carbocycles. The van der Waals surface area contributed by atoms with E-state index in [0.717, 1.165) is 5.56 Å². The first-order chi connectivity index (χ1) is 11.9. The number of hydrogen-bond acceptors (Lipinski definition) is 3. The number of ketones is 1. The Bertz CT molecular complexity index is 1080. The molecule has 1 aliphatic carbocycles. The van der Waals surface area contributed by atoms with Crippen LogP contribution in [0.1, 0.15) is 46.6 Å². The molecule has 0 aliphatic heterocycles. The molecule has 0 saturated carbocycles. The predicted octanol–water partition coefficient (Wildman–Crippen LogP) is 3.93. The minimum absolute atomic E-state index is 0.104. The number of aromatic nitrogens is 1. The van der Waals surface area contributed by atoms with E-state index in [9.17, 15) is 14.3 Å². The molecule has 0 bridgehead atoms. The van der Waals surface area contributed by atoms with Gasteiger partial charge in [0, 0.05) is 40.9 Å². The summed E-state index contributed by atoms with van der Waals surface area (Å²) in [5.74, 6) is -0.480. The Morgan fingerprint density at radius 2 is 2.00 bits per heavy atom. The van der Waals surface area contributed by atoms with Gasteiger partial charge in [0.15, 0.2) is 11.6 Å². The van der Waals surface area contributed by atoms with Gasteiger partial charge in [-0.05, 0) is 29.8 Å². The molecule has 0 fully saturated rings. The molecule has 0 radical (unpaired) electrons. The van der Waals surface area contributed by atoms with Crippen LogP contribution < -0.4 is 0 Å². The number of aliphatic imine (C=N–C) groups is 1. The molecule has 2 N–H and O–H groups in total. The smallest absolute Gasteiger partial charge is 0.195 e. The highest BCUT2D eigenvalue weighted by Gasteiger charge is 2.40. The van der Waals surface area contributed by atoms with E-state index in [0.29, 0.717) is 33.3 Å². The highest BCUT2D eigenvalue weighted by molar-refractivity contribution is 6.20. The number of phenolic OH excluding ortho intramolecular Hbond substituents is 1. The number of nitrogens with one attached hydrogen (secondary N) is 1. The van der Waals surface area contributed by atoms with Gasteiger partial charge in [-0.2, -0.15) is 0 Å². The van der Waals surface area contributed by atoms with Gasteiger partial charge in [0.2, 0.25) is 0 Å². The Labute approximate surface area is 144 Å². The average molecular weight is 336 g/mol. The van der Waals surface area contributed by atoms with E-state index < -0.39 is 11.2 Å². The number of nitrogens with zero attached hydrogens (tertiary/aromatic N) is 1. The van der Waals surface area contributed by atoms with E-state index >= 15 is 0 Å². The van der Waals surface area contributed by atoms with Crippen molar-refractivity contribution in [1.29, 1.82) is 0 Å². The Morgan fingerprint density at radius 3 is 2.72 bits per heavy atom. The molecule has 1 aromatic heterocycles. The summed E-state index contributed by atoms with van der Waals surface area (Å²) in [6.07, 6.45) is 1.45. The van der Waals surface area contributed by atoms with Crippen molar-refractivity contribution in [2.45, 2.75) is 19.3 Å². The van der Waals surface area contributed by atoms with Crippen LogP contribution in [0.3, 0.4) is 0 Å². The summed E-state index contributed by atoms with van der Waals surface area (Å²) in [4.78, 5) is 20.0. The third-order valence-electron chi connectivity index (χ3n) is 4.98. The van der Waals surface area contributed by atoms with Crippen LogP contribution >= 0.6 is 0 Å². The maximum atomic E-state index is 14.8. The third-order valence-corrected chi connectivity index (χ3v) is 4.98. The number of rotatable bonds is 1. The second-order valence-electron chi connectivity index (χ2n) is 6.84. The van der Waals surface area contributed by atoms with Crippen LogP contribution in [0.15, 0.2) is 35.3 Å². The Kier molecular flexibility index (Phi) is 3.13. The van der Waals surface area contributed by atoms with Crippen molar-refractivity contribution < 1.29 is 14.3 Å². The van der Waals surface area contributed by atoms with Crippen LogP contribution in [-0.2, 0) is 5.41 Å². The van der Waals surface area contributed by atoms with Crippen molar-refractivity contribution in [1.82, 2.24) is 4.98 Å². The van der Waals surface area contributed by atoms with Gasteiger partial charge >= 0.3 is 0 Å². The van der Waals surface area contributed by atoms with Crippen molar-refractivity contribution in [3.63, 3.8) is 0 Å². The maximum Gasteiger partial charge on any atom is 0.195 e. The molecule has 126 valence electrons. The van der Waals surface area contributed by atoms with Crippen LogP contribution in [-0.4, -0.2) is 29.1 Å².